The monoisotopic (exact) mass is 397 g/mol. The van der Waals surface area contributed by atoms with Gasteiger partial charge in [0.2, 0.25) is 0 Å². The molecular formula is C21H43N5O2. The van der Waals surface area contributed by atoms with Crippen LogP contribution in [0.2, 0.25) is 0 Å². The van der Waals surface area contributed by atoms with Gasteiger partial charge in [-0.05, 0) is 45.1 Å². The Kier molecular flexibility index (Phi) is 11.8. The Morgan fingerprint density at radius 2 is 1.93 bits per heavy atom. The van der Waals surface area contributed by atoms with E-state index in [4.69, 9.17) is 14.5 Å². The lowest BCUT2D eigenvalue weighted by Crippen LogP contribution is -2.46. The van der Waals surface area contributed by atoms with Gasteiger partial charge < -0.3 is 29.9 Å². The van der Waals surface area contributed by atoms with Crippen LogP contribution in [0.5, 0.6) is 0 Å². The third kappa shape index (κ3) is 10.0. The van der Waals surface area contributed by atoms with Gasteiger partial charge in [-0.25, -0.2) is 0 Å². The van der Waals surface area contributed by atoms with Crippen molar-refractivity contribution in [3.8, 4) is 0 Å². The van der Waals surface area contributed by atoms with Crippen LogP contribution in [0.15, 0.2) is 4.99 Å². The van der Waals surface area contributed by atoms with Gasteiger partial charge >= 0.3 is 0 Å². The van der Waals surface area contributed by atoms with Gasteiger partial charge in [-0.3, -0.25) is 4.99 Å². The fraction of sp³-hybridized carbons (Fsp3) is 0.952. The number of guanidine groups is 1. The quantitative estimate of drug-likeness (QED) is 0.311. The second-order valence-electron chi connectivity index (χ2n) is 8.34. The second kappa shape index (κ2) is 14.1. The highest BCUT2D eigenvalue weighted by Gasteiger charge is 2.16. The summed E-state index contributed by atoms with van der Waals surface area (Å²) >= 11 is 0. The van der Waals surface area contributed by atoms with E-state index in [0.29, 0.717) is 11.8 Å². The maximum atomic E-state index is 5.84. The first-order valence-corrected chi connectivity index (χ1v) is 11.3. The normalized spacial score (nSPS) is 21.6. The van der Waals surface area contributed by atoms with Gasteiger partial charge in [0.15, 0.2) is 5.96 Å². The fourth-order valence-electron chi connectivity index (χ4n) is 3.66. The molecule has 0 aromatic heterocycles. The van der Waals surface area contributed by atoms with Crippen molar-refractivity contribution in [2.75, 3.05) is 85.8 Å². The summed E-state index contributed by atoms with van der Waals surface area (Å²) in [6.07, 6.45) is 3.29. The number of nitrogens with one attached hydrogen (secondary N) is 2. The predicted molar refractivity (Wildman–Crippen MR) is 116 cm³/mol. The summed E-state index contributed by atoms with van der Waals surface area (Å²) in [6, 6.07) is 0. The zero-order valence-corrected chi connectivity index (χ0v) is 18.4. The molecule has 7 nitrogen and oxygen atoms in total. The highest BCUT2D eigenvalue weighted by atomic mass is 16.5. The molecule has 0 aromatic rings. The lowest BCUT2D eigenvalue weighted by molar-refractivity contribution is 0.0203. The number of likely N-dealkylation sites (N-methyl/N-ethyl adjacent to an activating group) is 1. The Hall–Kier alpha value is -0.890. The van der Waals surface area contributed by atoms with E-state index in [1.54, 1.807) is 0 Å². The number of aliphatic imine (C=N–C) groups is 1. The highest BCUT2D eigenvalue weighted by molar-refractivity contribution is 5.79. The highest BCUT2D eigenvalue weighted by Crippen LogP contribution is 2.14. The Labute approximate surface area is 172 Å². The molecule has 7 heteroatoms. The molecule has 0 bridgehead atoms. The first-order valence-electron chi connectivity index (χ1n) is 11.3. The lowest BCUT2D eigenvalue weighted by Gasteiger charge is -2.33. The lowest BCUT2D eigenvalue weighted by atomic mass is 10.0. The average molecular weight is 398 g/mol. The summed E-state index contributed by atoms with van der Waals surface area (Å²) in [5.74, 6) is 2.18. The topological polar surface area (TPSA) is 61.4 Å². The van der Waals surface area contributed by atoms with Gasteiger partial charge in [-0.1, -0.05) is 6.92 Å². The molecule has 164 valence electrons. The van der Waals surface area contributed by atoms with Gasteiger partial charge in [0, 0.05) is 78.8 Å². The molecule has 2 saturated heterocycles. The third-order valence-corrected chi connectivity index (χ3v) is 5.52. The molecule has 1 unspecified atom stereocenters. The van der Waals surface area contributed by atoms with Crippen LogP contribution in [0.4, 0.5) is 0 Å². The molecule has 2 heterocycles. The molecule has 0 saturated carbocycles. The van der Waals surface area contributed by atoms with Gasteiger partial charge in [0.05, 0.1) is 0 Å². The predicted octanol–water partition coefficient (Wildman–Crippen LogP) is 1.26. The van der Waals surface area contributed by atoms with Crippen molar-refractivity contribution in [1.82, 2.24) is 20.4 Å². The summed E-state index contributed by atoms with van der Waals surface area (Å²) in [4.78, 5) is 9.76. The third-order valence-electron chi connectivity index (χ3n) is 5.52. The smallest absolute Gasteiger partial charge is 0.191 e. The molecule has 0 amide bonds. The second-order valence-corrected chi connectivity index (χ2v) is 8.34. The molecule has 2 fully saturated rings. The molecule has 2 aliphatic heterocycles. The molecule has 2 N–H and O–H groups in total. The van der Waals surface area contributed by atoms with Gasteiger partial charge in [0.1, 0.15) is 0 Å². The Balaban J connectivity index is 1.56. The number of ether oxygens (including phenoxy) is 2. The fourth-order valence-corrected chi connectivity index (χ4v) is 3.66. The van der Waals surface area contributed by atoms with E-state index in [-0.39, 0.29) is 0 Å². The minimum atomic E-state index is 0.571. The maximum Gasteiger partial charge on any atom is 0.191 e. The van der Waals surface area contributed by atoms with Gasteiger partial charge in [0.25, 0.3) is 0 Å². The van der Waals surface area contributed by atoms with E-state index in [0.717, 1.165) is 77.8 Å². The van der Waals surface area contributed by atoms with Crippen LogP contribution >= 0.6 is 0 Å². The van der Waals surface area contributed by atoms with Crippen molar-refractivity contribution in [3.63, 3.8) is 0 Å². The number of hydrogen-bond donors (Lipinski definition) is 2. The minimum absolute atomic E-state index is 0.571. The van der Waals surface area contributed by atoms with E-state index in [1.807, 2.05) is 0 Å². The van der Waals surface area contributed by atoms with Crippen LogP contribution < -0.4 is 10.6 Å². The Morgan fingerprint density at radius 3 is 2.64 bits per heavy atom. The summed E-state index contributed by atoms with van der Waals surface area (Å²) in [6.45, 7) is 16.4. The molecule has 1 atom stereocenters. The summed E-state index contributed by atoms with van der Waals surface area (Å²) < 4.78 is 11.2. The van der Waals surface area contributed by atoms with Gasteiger partial charge in [-0.15, -0.1) is 0 Å². The molecule has 0 spiro atoms. The Bertz CT molecular complexity index is 421. The van der Waals surface area contributed by atoms with Gasteiger partial charge in [-0.2, -0.15) is 0 Å². The first-order chi connectivity index (χ1) is 13.7. The van der Waals surface area contributed by atoms with Crippen molar-refractivity contribution < 1.29 is 9.47 Å². The number of rotatable bonds is 11. The van der Waals surface area contributed by atoms with Crippen LogP contribution in [0.25, 0.3) is 0 Å². The maximum absolute atomic E-state index is 5.84. The van der Waals surface area contributed by atoms with Crippen LogP contribution in [0, 0.1) is 11.8 Å². The summed E-state index contributed by atoms with van der Waals surface area (Å²) in [5, 5.41) is 6.80. The van der Waals surface area contributed by atoms with E-state index >= 15 is 0 Å². The molecule has 0 aromatic carbocycles. The van der Waals surface area contributed by atoms with Crippen LogP contribution in [-0.2, 0) is 9.47 Å². The van der Waals surface area contributed by atoms with Crippen LogP contribution in [0.1, 0.15) is 33.1 Å². The van der Waals surface area contributed by atoms with E-state index in [2.05, 4.69) is 41.3 Å². The zero-order chi connectivity index (χ0) is 20.0. The molecular weight excluding hydrogens is 354 g/mol. The summed E-state index contributed by atoms with van der Waals surface area (Å²) in [7, 11) is 2.20. The van der Waals surface area contributed by atoms with E-state index in [1.165, 1.54) is 26.2 Å². The van der Waals surface area contributed by atoms with E-state index in [9.17, 15) is 0 Å². The molecule has 2 aliphatic rings. The van der Waals surface area contributed by atoms with Crippen molar-refractivity contribution in [1.29, 1.82) is 0 Å². The zero-order valence-electron chi connectivity index (χ0n) is 18.4. The molecule has 0 radical (unpaired) electrons. The summed E-state index contributed by atoms with van der Waals surface area (Å²) in [5.41, 5.74) is 0. The number of hydrogen-bond acceptors (Lipinski definition) is 5. The molecule has 28 heavy (non-hydrogen) atoms. The largest absolute Gasteiger partial charge is 0.381 e. The standard InChI is InChI=1S/C21H43N5O2/c1-4-22-21(23-8-5-13-28-18-20-6-14-27-15-7-20)24-16-19(2)17-26-11-9-25(3)10-12-26/h19-20H,4-18H2,1-3H3,(H2,22,23,24). The van der Waals surface area contributed by atoms with Crippen molar-refractivity contribution >= 4 is 5.96 Å². The van der Waals surface area contributed by atoms with Crippen molar-refractivity contribution in [2.24, 2.45) is 16.8 Å². The number of piperazine rings is 1. The average Bonchev–Trinajstić information content (AvgIpc) is 2.71. The minimum Gasteiger partial charge on any atom is -0.381 e. The van der Waals surface area contributed by atoms with E-state index < -0.39 is 0 Å². The van der Waals surface area contributed by atoms with Crippen LogP contribution in [-0.4, -0.2) is 102 Å². The SMILES string of the molecule is CCNC(=NCC(C)CN1CCN(C)CC1)NCCCOCC1CCOCC1. The van der Waals surface area contributed by atoms with Crippen molar-refractivity contribution in [2.45, 2.75) is 33.1 Å². The first kappa shape index (κ1) is 23.4. The molecule has 2 rings (SSSR count). The molecule has 0 aliphatic carbocycles. The Morgan fingerprint density at radius 1 is 1.18 bits per heavy atom. The van der Waals surface area contributed by atoms with Crippen molar-refractivity contribution in [3.05, 3.63) is 0 Å². The number of nitrogens with zero attached hydrogens (tertiary/aromatic N) is 3. The van der Waals surface area contributed by atoms with Crippen LogP contribution in [0.3, 0.4) is 0 Å².